The van der Waals surface area contributed by atoms with E-state index in [1.54, 1.807) is 4.90 Å². The fraction of sp³-hybridized carbons (Fsp3) is 0.929. The first kappa shape index (κ1) is 15.5. The fourth-order valence-electron chi connectivity index (χ4n) is 2.64. The quantitative estimate of drug-likeness (QED) is 0.791. The number of carbonyl (C=O) groups is 1. The lowest BCUT2D eigenvalue weighted by Gasteiger charge is -2.24. The Morgan fingerprint density at radius 1 is 1.25 bits per heavy atom. The maximum atomic E-state index is 11.8. The normalized spacial score (nSPS) is 34.9. The number of fused-ring (bicyclic) bond motifs is 1. The molecule has 2 rings (SSSR count). The molecule has 3 unspecified atom stereocenters. The highest BCUT2D eigenvalue weighted by Gasteiger charge is 2.53. The van der Waals surface area contributed by atoms with Crippen LogP contribution in [0, 0.1) is 5.92 Å². The van der Waals surface area contributed by atoms with E-state index in [1.807, 2.05) is 34.6 Å². The minimum atomic E-state index is -0.605. The van der Waals surface area contributed by atoms with Crippen molar-refractivity contribution in [1.82, 2.24) is 4.90 Å². The highest BCUT2D eigenvalue weighted by atomic mass is 16.8. The summed E-state index contributed by atoms with van der Waals surface area (Å²) in [6.45, 7) is 11.1. The number of carbonyl (C=O) groups excluding carboxylic acids is 1. The van der Waals surface area contributed by atoms with Gasteiger partial charge < -0.3 is 23.8 Å². The van der Waals surface area contributed by atoms with Crippen molar-refractivity contribution in [3.63, 3.8) is 0 Å². The molecule has 4 atom stereocenters. The van der Waals surface area contributed by atoms with E-state index in [2.05, 4.69) is 0 Å². The maximum Gasteiger partial charge on any atom is 0.409 e. The van der Waals surface area contributed by atoms with E-state index in [0.717, 1.165) is 0 Å². The van der Waals surface area contributed by atoms with Crippen molar-refractivity contribution in [2.75, 3.05) is 19.7 Å². The first-order valence-corrected chi connectivity index (χ1v) is 7.30. The third-order valence-electron chi connectivity index (χ3n) is 3.89. The van der Waals surface area contributed by atoms with Gasteiger partial charge in [0.05, 0.1) is 0 Å². The van der Waals surface area contributed by atoms with Crippen molar-refractivity contribution in [2.24, 2.45) is 5.92 Å². The Labute approximate surface area is 120 Å². The van der Waals surface area contributed by atoms with Crippen LogP contribution in [0.3, 0.4) is 0 Å². The van der Waals surface area contributed by atoms with Gasteiger partial charge in [-0.05, 0) is 27.7 Å². The summed E-state index contributed by atoms with van der Waals surface area (Å²) in [6, 6.07) is 0. The standard InChI is InChI=1S/C14H25NO5/c1-6-15(7-2)13(16)17-8-10-9(3)11-12(18-10)20-14(4,5)19-11/h9-12H,6-8H2,1-5H3/t9?,10?,11-,12?/m1/s1. The minimum absolute atomic E-state index is 0.0952. The van der Waals surface area contributed by atoms with Gasteiger partial charge in [0.2, 0.25) is 0 Å². The summed E-state index contributed by atoms with van der Waals surface area (Å²) in [5.41, 5.74) is 0. The Kier molecular flexibility index (Phi) is 4.56. The average Bonchev–Trinajstić information content (AvgIpc) is 2.83. The third kappa shape index (κ3) is 3.07. The van der Waals surface area contributed by atoms with Crippen molar-refractivity contribution in [2.45, 2.75) is 58.9 Å². The lowest BCUT2D eigenvalue weighted by Crippen LogP contribution is -2.35. The summed E-state index contributed by atoms with van der Waals surface area (Å²) >= 11 is 0. The zero-order valence-electron chi connectivity index (χ0n) is 12.9. The van der Waals surface area contributed by atoms with Crippen molar-refractivity contribution in [1.29, 1.82) is 0 Å². The second-order valence-electron chi connectivity index (χ2n) is 5.75. The largest absolute Gasteiger partial charge is 0.447 e. The summed E-state index contributed by atoms with van der Waals surface area (Å²) in [6.07, 6.45) is -0.940. The first-order valence-electron chi connectivity index (χ1n) is 7.30. The van der Waals surface area contributed by atoms with Crippen LogP contribution in [0.2, 0.25) is 0 Å². The van der Waals surface area contributed by atoms with Crippen LogP contribution in [-0.4, -0.2) is 55.0 Å². The Balaban J connectivity index is 1.83. The molecule has 1 amide bonds. The second-order valence-corrected chi connectivity index (χ2v) is 5.75. The first-order chi connectivity index (χ1) is 9.38. The van der Waals surface area contributed by atoms with Gasteiger partial charge in [0.25, 0.3) is 0 Å². The summed E-state index contributed by atoms with van der Waals surface area (Å²) in [4.78, 5) is 13.4. The van der Waals surface area contributed by atoms with Gasteiger partial charge in [0.15, 0.2) is 12.1 Å². The minimum Gasteiger partial charge on any atom is -0.447 e. The van der Waals surface area contributed by atoms with Crippen LogP contribution in [0.1, 0.15) is 34.6 Å². The molecule has 0 N–H and O–H groups in total. The van der Waals surface area contributed by atoms with Gasteiger partial charge in [-0.15, -0.1) is 0 Å². The van der Waals surface area contributed by atoms with Crippen LogP contribution in [0.5, 0.6) is 0 Å². The number of rotatable bonds is 4. The molecule has 0 spiro atoms. The van der Waals surface area contributed by atoms with Crippen molar-refractivity contribution >= 4 is 6.09 Å². The van der Waals surface area contributed by atoms with Gasteiger partial charge >= 0.3 is 6.09 Å². The number of hydrogen-bond acceptors (Lipinski definition) is 5. The third-order valence-corrected chi connectivity index (χ3v) is 3.89. The molecule has 0 aromatic rings. The van der Waals surface area contributed by atoms with Crippen molar-refractivity contribution in [3.05, 3.63) is 0 Å². The number of ether oxygens (including phenoxy) is 4. The molecule has 2 aliphatic heterocycles. The summed E-state index contributed by atoms with van der Waals surface area (Å²) in [5.74, 6) is -0.474. The maximum absolute atomic E-state index is 11.8. The van der Waals surface area contributed by atoms with E-state index in [4.69, 9.17) is 18.9 Å². The molecular weight excluding hydrogens is 262 g/mol. The molecule has 0 bridgehead atoms. The molecule has 0 aromatic carbocycles. The molecule has 6 heteroatoms. The summed E-state index contributed by atoms with van der Waals surface area (Å²) in [5, 5.41) is 0. The molecule has 20 heavy (non-hydrogen) atoms. The molecule has 0 saturated carbocycles. The zero-order chi connectivity index (χ0) is 14.9. The van der Waals surface area contributed by atoms with E-state index in [9.17, 15) is 4.79 Å². The average molecular weight is 287 g/mol. The van der Waals surface area contributed by atoms with E-state index in [-0.39, 0.29) is 37.1 Å². The van der Waals surface area contributed by atoms with Gasteiger partial charge in [-0.25, -0.2) is 4.79 Å². The highest BCUT2D eigenvalue weighted by molar-refractivity contribution is 5.67. The lowest BCUT2D eigenvalue weighted by atomic mass is 10.0. The molecule has 2 fully saturated rings. The summed E-state index contributed by atoms with van der Waals surface area (Å²) in [7, 11) is 0. The molecule has 0 aromatic heterocycles. The number of amides is 1. The molecular formula is C14H25NO5. The van der Waals surface area contributed by atoms with Crippen LogP contribution < -0.4 is 0 Å². The van der Waals surface area contributed by atoms with Gasteiger partial charge in [-0.2, -0.15) is 0 Å². The van der Waals surface area contributed by atoms with Gasteiger partial charge in [-0.1, -0.05) is 6.92 Å². The SMILES string of the molecule is CCN(CC)C(=O)OCC1OC2OC(C)(C)O[C@@H]2C1C. The van der Waals surface area contributed by atoms with E-state index in [1.165, 1.54) is 0 Å². The van der Waals surface area contributed by atoms with Gasteiger partial charge in [0, 0.05) is 19.0 Å². The molecule has 0 radical (unpaired) electrons. The predicted molar refractivity (Wildman–Crippen MR) is 72.1 cm³/mol. The Hall–Kier alpha value is -0.850. The summed E-state index contributed by atoms with van der Waals surface area (Å²) < 4.78 is 22.6. The highest BCUT2D eigenvalue weighted by Crippen LogP contribution is 2.40. The van der Waals surface area contributed by atoms with Gasteiger partial charge in [0.1, 0.15) is 18.8 Å². The van der Waals surface area contributed by atoms with E-state index >= 15 is 0 Å². The van der Waals surface area contributed by atoms with Crippen LogP contribution in [0.15, 0.2) is 0 Å². The molecule has 2 saturated heterocycles. The fourth-order valence-corrected chi connectivity index (χ4v) is 2.64. The van der Waals surface area contributed by atoms with Crippen molar-refractivity contribution < 1.29 is 23.7 Å². The molecule has 6 nitrogen and oxygen atoms in total. The van der Waals surface area contributed by atoms with Crippen LogP contribution in [-0.2, 0) is 18.9 Å². The van der Waals surface area contributed by atoms with E-state index < -0.39 is 5.79 Å². The van der Waals surface area contributed by atoms with Crippen LogP contribution in [0.25, 0.3) is 0 Å². The smallest absolute Gasteiger partial charge is 0.409 e. The van der Waals surface area contributed by atoms with Crippen molar-refractivity contribution in [3.8, 4) is 0 Å². The lowest BCUT2D eigenvalue weighted by molar-refractivity contribution is -0.212. The van der Waals surface area contributed by atoms with Gasteiger partial charge in [-0.3, -0.25) is 0 Å². The topological polar surface area (TPSA) is 57.2 Å². The molecule has 116 valence electrons. The Bertz CT molecular complexity index is 355. The molecule has 0 aliphatic carbocycles. The second kappa shape index (κ2) is 5.87. The zero-order valence-corrected chi connectivity index (χ0v) is 12.9. The molecule has 2 heterocycles. The Morgan fingerprint density at radius 3 is 2.45 bits per heavy atom. The monoisotopic (exact) mass is 287 g/mol. The number of nitrogens with zero attached hydrogens (tertiary/aromatic N) is 1. The molecule has 2 aliphatic rings. The van der Waals surface area contributed by atoms with Crippen LogP contribution >= 0.6 is 0 Å². The predicted octanol–water partition coefficient (Wildman–Crippen LogP) is 1.98. The Morgan fingerprint density at radius 2 is 1.90 bits per heavy atom. The van der Waals surface area contributed by atoms with E-state index in [0.29, 0.717) is 13.1 Å². The number of hydrogen-bond donors (Lipinski definition) is 0. The van der Waals surface area contributed by atoms with Crippen LogP contribution in [0.4, 0.5) is 4.79 Å².